The number of aromatic nitrogens is 3. The number of halogens is 2. The minimum absolute atomic E-state index is 0.274. The summed E-state index contributed by atoms with van der Waals surface area (Å²) in [6.07, 6.45) is 7.25. The van der Waals surface area contributed by atoms with Gasteiger partial charge in [0, 0.05) is 34.9 Å². The van der Waals surface area contributed by atoms with Crippen LogP contribution in [0.5, 0.6) is 0 Å². The lowest BCUT2D eigenvalue weighted by molar-refractivity contribution is 0.627. The Kier molecular flexibility index (Phi) is 5.22. The van der Waals surface area contributed by atoms with E-state index in [-0.39, 0.29) is 5.82 Å². The maximum absolute atomic E-state index is 13.9. The molecule has 0 amide bonds. The molecule has 140 valence electrons. The maximum Gasteiger partial charge on any atom is 0.145 e. The Balaban J connectivity index is 1.75. The summed E-state index contributed by atoms with van der Waals surface area (Å²) in [6.45, 7) is 1.96. The number of pyridine rings is 1. The molecule has 0 aliphatic heterocycles. The third kappa shape index (κ3) is 3.97. The highest BCUT2D eigenvalue weighted by molar-refractivity contribution is 6.30. The van der Waals surface area contributed by atoms with Gasteiger partial charge in [-0.05, 0) is 79.4 Å². The predicted molar refractivity (Wildman–Crippen MR) is 110 cm³/mol. The molecule has 2 aromatic carbocycles. The number of rotatable bonds is 5. The van der Waals surface area contributed by atoms with Gasteiger partial charge in [0.15, 0.2) is 0 Å². The second kappa shape index (κ2) is 7.95. The number of hydrogen-bond donors (Lipinski definition) is 0. The van der Waals surface area contributed by atoms with Gasteiger partial charge in [0.1, 0.15) is 11.6 Å². The Hall–Kier alpha value is -2.98. The van der Waals surface area contributed by atoms with E-state index in [4.69, 9.17) is 16.6 Å². The van der Waals surface area contributed by atoms with Crippen molar-refractivity contribution in [3.63, 3.8) is 0 Å². The van der Waals surface area contributed by atoms with E-state index in [1.165, 1.54) is 17.7 Å². The second-order valence-corrected chi connectivity index (χ2v) is 7.15. The van der Waals surface area contributed by atoms with E-state index in [1.54, 1.807) is 18.5 Å². The number of imidazole rings is 1. The SMILES string of the molecule is Cc1ccc(F)cc1-c1nc(CCc2ccncc2)cn1-c1ccc(Cl)cc1. The van der Waals surface area contributed by atoms with Gasteiger partial charge in [-0.3, -0.25) is 9.55 Å². The topological polar surface area (TPSA) is 30.7 Å². The number of benzene rings is 2. The standard InChI is InChI=1S/C23H19ClFN3/c1-16-2-6-19(25)14-22(16)23-27-20(7-3-17-10-12-26-13-11-17)15-28(23)21-8-4-18(24)5-9-21/h2,4-6,8-15H,3,7H2,1H3. The molecular weight excluding hydrogens is 373 g/mol. The first kappa shape index (κ1) is 18.4. The highest BCUT2D eigenvalue weighted by atomic mass is 35.5. The monoisotopic (exact) mass is 391 g/mol. The van der Waals surface area contributed by atoms with Crippen LogP contribution in [-0.4, -0.2) is 14.5 Å². The average Bonchev–Trinajstić information content (AvgIpc) is 3.14. The number of nitrogens with zero attached hydrogens (tertiary/aromatic N) is 3. The van der Waals surface area contributed by atoms with Gasteiger partial charge >= 0.3 is 0 Å². The molecule has 0 unspecified atom stereocenters. The van der Waals surface area contributed by atoms with E-state index >= 15 is 0 Å². The molecule has 4 rings (SSSR count). The molecule has 0 aliphatic rings. The van der Waals surface area contributed by atoms with Crippen LogP contribution in [-0.2, 0) is 12.8 Å². The molecule has 2 heterocycles. The van der Waals surface area contributed by atoms with Gasteiger partial charge in [-0.15, -0.1) is 0 Å². The van der Waals surface area contributed by atoms with Gasteiger partial charge in [0.05, 0.1) is 5.69 Å². The fourth-order valence-corrected chi connectivity index (χ4v) is 3.32. The molecular formula is C23H19ClFN3. The average molecular weight is 392 g/mol. The van der Waals surface area contributed by atoms with Crippen molar-refractivity contribution in [2.45, 2.75) is 19.8 Å². The Labute approximate surface area is 168 Å². The molecule has 28 heavy (non-hydrogen) atoms. The zero-order valence-electron chi connectivity index (χ0n) is 15.4. The summed E-state index contributed by atoms with van der Waals surface area (Å²) < 4.78 is 15.9. The highest BCUT2D eigenvalue weighted by Gasteiger charge is 2.15. The van der Waals surface area contributed by atoms with Gasteiger partial charge in [-0.25, -0.2) is 9.37 Å². The molecule has 0 atom stereocenters. The first-order valence-electron chi connectivity index (χ1n) is 9.10. The van der Waals surface area contributed by atoms with Crippen LogP contribution >= 0.6 is 11.6 Å². The van der Waals surface area contributed by atoms with Crippen molar-refractivity contribution in [3.8, 4) is 17.1 Å². The van der Waals surface area contributed by atoms with E-state index in [0.29, 0.717) is 5.02 Å². The molecule has 0 bridgehead atoms. The Morgan fingerprint density at radius 2 is 1.71 bits per heavy atom. The number of aryl methyl sites for hydroxylation is 3. The van der Waals surface area contributed by atoms with Crippen molar-refractivity contribution in [3.05, 3.63) is 101 Å². The number of hydrogen-bond acceptors (Lipinski definition) is 2. The van der Waals surface area contributed by atoms with Crippen LogP contribution in [0, 0.1) is 12.7 Å². The first-order chi connectivity index (χ1) is 13.6. The molecule has 4 aromatic rings. The van der Waals surface area contributed by atoms with Gasteiger partial charge in [-0.2, -0.15) is 0 Å². The van der Waals surface area contributed by atoms with Crippen LogP contribution in [0.3, 0.4) is 0 Å². The van der Waals surface area contributed by atoms with Crippen LogP contribution in [0.15, 0.2) is 73.2 Å². The quantitative estimate of drug-likeness (QED) is 0.429. The molecule has 0 N–H and O–H groups in total. The fraction of sp³-hybridized carbons (Fsp3) is 0.130. The van der Waals surface area contributed by atoms with Crippen molar-refractivity contribution in [1.29, 1.82) is 0 Å². The van der Waals surface area contributed by atoms with Crippen molar-refractivity contribution < 1.29 is 4.39 Å². The minimum atomic E-state index is -0.274. The summed E-state index contributed by atoms with van der Waals surface area (Å²) in [5.41, 5.74) is 4.85. The minimum Gasteiger partial charge on any atom is -0.300 e. The third-order valence-electron chi connectivity index (χ3n) is 4.72. The second-order valence-electron chi connectivity index (χ2n) is 6.72. The van der Waals surface area contributed by atoms with Gasteiger partial charge in [0.2, 0.25) is 0 Å². The Bertz CT molecular complexity index is 1090. The van der Waals surface area contributed by atoms with Crippen LogP contribution in [0.1, 0.15) is 16.8 Å². The van der Waals surface area contributed by atoms with Crippen LogP contribution in [0.2, 0.25) is 5.02 Å². The summed E-state index contributed by atoms with van der Waals surface area (Å²) in [5.74, 6) is 0.452. The summed E-state index contributed by atoms with van der Waals surface area (Å²) in [7, 11) is 0. The molecule has 0 saturated heterocycles. The Morgan fingerprint density at radius 1 is 0.964 bits per heavy atom. The summed E-state index contributed by atoms with van der Waals surface area (Å²) >= 11 is 6.05. The Morgan fingerprint density at radius 3 is 2.46 bits per heavy atom. The van der Waals surface area contributed by atoms with Crippen molar-refractivity contribution in [2.75, 3.05) is 0 Å². The van der Waals surface area contributed by atoms with E-state index < -0.39 is 0 Å². The molecule has 5 heteroatoms. The summed E-state index contributed by atoms with van der Waals surface area (Å²) in [4.78, 5) is 8.90. The van der Waals surface area contributed by atoms with Gasteiger partial charge in [0.25, 0.3) is 0 Å². The fourth-order valence-electron chi connectivity index (χ4n) is 3.19. The van der Waals surface area contributed by atoms with E-state index in [1.807, 2.05) is 54.1 Å². The van der Waals surface area contributed by atoms with Gasteiger partial charge < -0.3 is 0 Å². The smallest absolute Gasteiger partial charge is 0.145 e. The largest absolute Gasteiger partial charge is 0.300 e. The normalized spacial score (nSPS) is 11.0. The first-order valence-corrected chi connectivity index (χ1v) is 9.47. The zero-order chi connectivity index (χ0) is 19.5. The zero-order valence-corrected chi connectivity index (χ0v) is 16.2. The molecule has 0 spiro atoms. The lowest BCUT2D eigenvalue weighted by Crippen LogP contribution is -1.98. The van der Waals surface area contributed by atoms with Crippen LogP contribution < -0.4 is 0 Å². The van der Waals surface area contributed by atoms with Crippen molar-refractivity contribution in [1.82, 2.24) is 14.5 Å². The molecule has 0 saturated carbocycles. The lowest BCUT2D eigenvalue weighted by Gasteiger charge is -2.10. The van der Waals surface area contributed by atoms with E-state index in [2.05, 4.69) is 4.98 Å². The predicted octanol–water partition coefficient (Wildman–Crippen LogP) is 5.82. The maximum atomic E-state index is 13.9. The third-order valence-corrected chi connectivity index (χ3v) is 4.97. The van der Waals surface area contributed by atoms with Crippen LogP contribution in [0.4, 0.5) is 4.39 Å². The van der Waals surface area contributed by atoms with E-state index in [0.717, 1.165) is 41.2 Å². The molecule has 0 radical (unpaired) electrons. The molecule has 0 fully saturated rings. The van der Waals surface area contributed by atoms with Crippen molar-refractivity contribution >= 4 is 11.6 Å². The summed E-state index contributed by atoms with van der Waals surface area (Å²) in [6, 6.07) is 16.4. The summed E-state index contributed by atoms with van der Waals surface area (Å²) in [5, 5.41) is 0.672. The van der Waals surface area contributed by atoms with Crippen molar-refractivity contribution in [2.24, 2.45) is 0 Å². The van der Waals surface area contributed by atoms with Crippen LogP contribution in [0.25, 0.3) is 17.1 Å². The van der Waals surface area contributed by atoms with E-state index in [9.17, 15) is 4.39 Å². The highest BCUT2D eigenvalue weighted by Crippen LogP contribution is 2.28. The van der Waals surface area contributed by atoms with Gasteiger partial charge in [-0.1, -0.05) is 17.7 Å². The molecule has 2 aromatic heterocycles. The lowest BCUT2D eigenvalue weighted by atomic mass is 10.1. The molecule has 0 aliphatic carbocycles. The molecule has 3 nitrogen and oxygen atoms in total.